The van der Waals surface area contributed by atoms with E-state index in [-0.39, 0.29) is 0 Å². The smallest absolute Gasteiger partial charge is 0.249 e. The Bertz CT molecular complexity index is 1210. The first kappa shape index (κ1) is 72.3. The number of hydrogen-bond acceptors (Lipinski definition) is 5. The zero-order valence-corrected chi connectivity index (χ0v) is 49.6. The molecular formula is C68H129NO5. The molecule has 6 nitrogen and oxygen atoms in total. The van der Waals surface area contributed by atoms with E-state index in [1.165, 1.54) is 270 Å². The molecule has 0 aromatic heterocycles. The number of hydrogen-bond donors (Lipinski definition) is 5. The molecule has 6 heteroatoms. The van der Waals surface area contributed by atoms with E-state index in [1.807, 2.05) is 0 Å². The predicted molar refractivity (Wildman–Crippen MR) is 325 cm³/mol. The van der Waals surface area contributed by atoms with Crippen LogP contribution < -0.4 is 5.32 Å². The average molecular weight is 1040 g/mol. The van der Waals surface area contributed by atoms with Crippen molar-refractivity contribution in [2.24, 2.45) is 0 Å². The number of rotatable bonds is 61. The molecule has 0 rings (SSSR count). The fraction of sp³-hybridized carbons (Fsp3) is 0.868. The van der Waals surface area contributed by atoms with Crippen LogP contribution in [-0.4, -0.2) is 57.3 Å². The second-order valence-corrected chi connectivity index (χ2v) is 22.8. The van der Waals surface area contributed by atoms with Crippen molar-refractivity contribution in [2.45, 2.75) is 372 Å². The molecule has 4 atom stereocenters. The van der Waals surface area contributed by atoms with Crippen LogP contribution in [0.3, 0.4) is 0 Å². The Morgan fingerprint density at radius 3 is 0.932 bits per heavy atom. The highest BCUT2D eigenvalue weighted by Crippen LogP contribution is 2.18. The van der Waals surface area contributed by atoms with Gasteiger partial charge in [0.05, 0.1) is 18.8 Å². The Morgan fingerprint density at radius 2 is 0.608 bits per heavy atom. The number of allylic oxidation sites excluding steroid dienone is 8. The quantitative estimate of drug-likeness (QED) is 0.0308. The largest absolute Gasteiger partial charge is 0.394 e. The van der Waals surface area contributed by atoms with Crippen molar-refractivity contribution >= 4 is 5.91 Å². The standard InChI is InChI=1S/C68H129NO5/c1-3-5-7-9-11-13-15-17-19-21-23-25-27-29-31-32-33-34-35-36-38-40-42-44-46-48-50-52-54-56-58-60-62-66(72)68(74)69-64(63-70)67(73)65(71)61-59-57-55-53-51-49-47-45-43-41-39-37-30-28-26-24-22-20-18-16-14-12-10-8-6-4-2/h23,25,29,31,45,47,53,55,64-67,70-73H,3-22,24,26-28,30,32-44,46,48-52,54,56-63H2,1-2H3,(H,69,74)/b25-23-,31-29-,47-45+,55-53+. The number of carbonyl (C=O) groups is 1. The predicted octanol–water partition coefficient (Wildman–Crippen LogP) is 20.1. The molecule has 436 valence electrons. The third-order valence-electron chi connectivity index (χ3n) is 15.5. The molecule has 0 aromatic rings. The number of unbranched alkanes of at least 4 members (excludes halogenated alkanes) is 44. The van der Waals surface area contributed by atoms with E-state index in [0.717, 1.165) is 44.9 Å². The summed E-state index contributed by atoms with van der Waals surface area (Å²) in [6, 6.07) is -1.01. The molecule has 0 radical (unpaired) electrons. The number of aliphatic hydroxyl groups is 4. The molecule has 0 aliphatic rings. The van der Waals surface area contributed by atoms with E-state index < -0.39 is 36.9 Å². The van der Waals surface area contributed by atoms with Crippen molar-refractivity contribution in [3.63, 3.8) is 0 Å². The minimum absolute atomic E-state index is 0.360. The van der Waals surface area contributed by atoms with Gasteiger partial charge in [-0.2, -0.15) is 0 Å². The van der Waals surface area contributed by atoms with E-state index in [9.17, 15) is 25.2 Å². The van der Waals surface area contributed by atoms with Crippen molar-refractivity contribution in [1.82, 2.24) is 5.32 Å². The van der Waals surface area contributed by atoms with Crippen LogP contribution in [0.1, 0.15) is 348 Å². The van der Waals surface area contributed by atoms with Gasteiger partial charge in [0, 0.05) is 0 Å². The van der Waals surface area contributed by atoms with E-state index in [4.69, 9.17) is 0 Å². The SMILES string of the molecule is CCCCCCCCCCC/C=C\C/C=C\CCCCCCCCCCCCCCCCCCC(O)C(=O)NC(CO)C(O)C(O)CCC/C=C/CC/C=C/CCCCCCCCCCCCCCCCCCC. The Morgan fingerprint density at radius 1 is 0.338 bits per heavy atom. The van der Waals surface area contributed by atoms with Crippen LogP contribution in [0.2, 0.25) is 0 Å². The Hall–Kier alpha value is -1.73. The molecule has 0 saturated heterocycles. The van der Waals surface area contributed by atoms with E-state index in [2.05, 4.69) is 67.8 Å². The monoisotopic (exact) mass is 1040 g/mol. The molecular weight excluding hydrogens is 911 g/mol. The highest BCUT2D eigenvalue weighted by Gasteiger charge is 2.28. The highest BCUT2D eigenvalue weighted by atomic mass is 16.3. The maximum absolute atomic E-state index is 12.6. The number of aliphatic hydroxyl groups excluding tert-OH is 4. The summed E-state index contributed by atoms with van der Waals surface area (Å²) < 4.78 is 0. The summed E-state index contributed by atoms with van der Waals surface area (Å²) >= 11 is 0. The molecule has 74 heavy (non-hydrogen) atoms. The van der Waals surface area contributed by atoms with Gasteiger partial charge in [-0.15, -0.1) is 0 Å². The minimum atomic E-state index is -1.29. The Balaban J connectivity index is 3.62. The van der Waals surface area contributed by atoms with Crippen LogP contribution in [0.4, 0.5) is 0 Å². The van der Waals surface area contributed by atoms with Crippen molar-refractivity contribution < 1.29 is 25.2 Å². The average Bonchev–Trinajstić information content (AvgIpc) is 3.41. The summed E-state index contributed by atoms with van der Waals surface area (Å²) in [6.45, 7) is 4.08. The second-order valence-electron chi connectivity index (χ2n) is 22.8. The van der Waals surface area contributed by atoms with Crippen molar-refractivity contribution in [3.05, 3.63) is 48.6 Å². The molecule has 0 fully saturated rings. The molecule has 0 bridgehead atoms. The first-order valence-corrected chi connectivity index (χ1v) is 33.0. The molecule has 0 aliphatic heterocycles. The van der Waals surface area contributed by atoms with Crippen molar-refractivity contribution in [1.29, 1.82) is 0 Å². The lowest BCUT2D eigenvalue weighted by molar-refractivity contribution is -0.132. The summed E-state index contributed by atoms with van der Waals surface area (Å²) in [5.74, 6) is -0.593. The van der Waals surface area contributed by atoms with Gasteiger partial charge in [-0.05, 0) is 83.5 Å². The molecule has 5 N–H and O–H groups in total. The van der Waals surface area contributed by atoms with Crippen molar-refractivity contribution in [2.75, 3.05) is 6.61 Å². The fourth-order valence-corrected chi connectivity index (χ4v) is 10.3. The third kappa shape index (κ3) is 55.0. The molecule has 0 aromatic carbocycles. The zero-order chi connectivity index (χ0) is 53.7. The molecule has 0 saturated carbocycles. The second kappa shape index (κ2) is 62.1. The Labute approximate surface area is 461 Å². The van der Waals surface area contributed by atoms with E-state index in [0.29, 0.717) is 19.3 Å². The maximum atomic E-state index is 12.6. The third-order valence-corrected chi connectivity index (χ3v) is 15.5. The molecule has 0 heterocycles. The Kier molecular flexibility index (Phi) is 60.7. The number of nitrogens with one attached hydrogen (secondary N) is 1. The van der Waals surface area contributed by atoms with Gasteiger partial charge in [-0.3, -0.25) is 4.79 Å². The van der Waals surface area contributed by atoms with Gasteiger partial charge < -0.3 is 25.7 Å². The van der Waals surface area contributed by atoms with E-state index >= 15 is 0 Å². The zero-order valence-electron chi connectivity index (χ0n) is 49.6. The molecule has 0 spiro atoms. The summed E-state index contributed by atoms with van der Waals surface area (Å²) in [7, 11) is 0. The van der Waals surface area contributed by atoms with Gasteiger partial charge in [-0.25, -0.2) is 0 Å². The van der Waals surface area contributed by atoms with Crippen LogP contribution in [0.25, 0.3) is 0 Å². The lowest BCUT2D eigenvalue weighted by Gasteiger charge is -2.27. The summed E-state index contributed by atoms with van der Waals surface area (Å²) in [6.07, 6.45) is 80.8. The first-order chi connectivity index (χ1) is 36.5. The van der Waals surface area contributed by atoms with Crippen LogP contribution >= 0.6 is 0 Å². The molecule has 1 amide bonds. The van der Waals surface area contributed by atoms with Gasteiger partial charge in [-0.1, -0.05) is 313 Å². The molecule has 4 unspecified atom stereocenters. The van der Waals surface area contributed by atoms with Gasteiger partial charge in [0.15, 0.2) is 0 Å². The van der Waals surface area contributed by atoms with Crippen LogP contribution in [0.5, 0.6) is 0 Å². The van der Waals surface area contributed by atoms with E-state index in [1.54, 1.807) is 0 Å². The summed E-state index contributed by atoms with van der Waals surface area (Å²) in [5, 5.41) is 44.1. The summed E-state index contributed by atoms with van der Waals surface area (Å²) in [5.41, 5.74) is 0. The lowest BCUT2D eigenvalue weighted by atomic mass is 10.00. The van der Waals surface area contributed by atoms with Gasteiger partial charge in [0.2, 0.25) is 5.91 Å². The van der Waals surface area contributed by atoms with Crippen LogP contribution in [-0.2, 0) is 4.79 Å². The van der Waals surface area contributed by atoms with Gasteiger partial charge >= 0.3 is 0 Å². The number of amides is 1. The topological polar surface area (TPSA) is 110 Å². The maximum Gasteiger partial charge on any atom is 0.249 e. The van der Waals surface area contributed by atoms with Crippen molar-refractivity contribution in [3.8, 4) is 0 Å². The van der Waals surface area contributed by atoms with Crippen LogP contribution in [0.15, 0.2) is 48.6 Å². The number of carbonyl (C=O) groups excluding carboxylic acids is 1. The normalized spacial score (nSPS) is 13.9. The lowest BCUT2D eigenvalue weighted by Crippen LogP contribution is -2.53. The van der Waals surface area contributed by atoms with Gasteiger partial charge in [0.1, 0.15) is 12.2 Å². The fourth-order valence-electron chi connectivity index (χ4n) is 10.3. The first-order valence-electron chi connectivity index (χ1n) is 33.0. The highest BCUT2D eigenvalue weighted by molar-refractivity contribution is 5.80. The minimum Gasteiger partial charge on any atom is -0.394 e. The summed E-state index contributed by atoms with van der Waals surface area (Å²) in [4.78, 5) is 12.6. The van der Waals surface area contributed by atoms with Gasteiger partial charge in [0.25, 0.3) is 0 Å². The molecule has 0 aliphatic carbocycles. The van der Waals surface area contributed by atoms with Crippen LogP contribution in [0, 0.1) is 0 Å².